The van der Waals surface area contributed by atoms with E-state index < -0.39 is 11.5 Å². The van der Waals surface area contributed by atoms with Crippen molar-refractivity contribution in [3.63, 3.8) is 0 Å². The molecule has 0 amide bonds. The summed E-state index contributed by atoms with van der Waals surface area (Å²) in [5.74, 6) is 0.801. The number of aryl methyl sites for hydroxylation is 1. The molecule has 1 N–H and O–H groups in total. The van der Waals surface area contributed by atoms with Crippen molar-refractivity contribution in [2.75, 3.05) is 21.3 Å². The first-order chi connectivity index (χ1) is 17.3. The molecule has 0 spiro atoms. The molecule has 3 aromatic heterocycles. The lowest BCUT2D eigenvalue weighted by Gasteiger charge is -2.37. The van der Waals surface area contributed by atoms with Crippen LogP contribution in [0, 0.1) is 6.92 Å². The Kier molecular flexibility index (Phi) is 8.17. The number of benzene rings is 1. The van der Waals surface area contributed by atoms with Crippen molar-refractivity contribution in [3.05, 3.63) is 73.9 Å². The van der Waals surface area contributed by atoms with Crippen molar-refractivity contribution in [1.82, 2.24) is 9.97 Å². The van der Waals surface area contributed by atoms with E-state index in [2.05, 4.69) is 53.0 Å². The van der Waals surface area contributed by atoms with E-state index in [0.29, 0.717) is 29.6 Å². The van der Waals surface area contributed by atoms with Gasteiger partial charge in [-0.05, 0) is 55.3 Å². The van der Waals surface area contributed by atoms with Gasteiger partial charge >= 0.3 is 0 Å². The molecule has 190 valence electrons. The van der Waals surface area contributed by atoms with Gasteiger partial charge in [0.2, 0.25) is 17.6 Å². The molecule has 4 rings (SSSR count). The van der Waals surface area contributed by atoms with Crippen LogP contribution in [0.2, 0.25) is 0 Å². The topological polar surface area (TPSA) is 73.7 Å². The highest BCUT2D eigenvalue weighted by atomic mass is 79.9. The number of aliphatic hydroxyl groups is 1. The molecule has 0 radical (unpaired) electrons. The van der Waals surface area contributed by atoms with Gasteiger partial charge in [-0.25, -0.2) is 4.98 Å². The number of halogens is 1. The first-order valence-electron chi connectivity index (χ1n) is 11.9. The number of pyridine rings is 2. The van der Waals surface area contributed by atoms with Gasteiger partial charge in [0, 0.05) is 37.3 Å². The monoisotopic (exact) mass is 570 g/mol. The lowest BCUT2D eigenvalue weighted by molar-refractivity contribution is 0.00788. The van der Waals surface area contributed by atoms with Crippen molar-refractivity contribution < 1.29 is 19.3 Å². The minimum atomic E-state index is -1.31. The summed E-state index contributed by atoms with van der Waals surface area (Å²) in [6.07, 6.45) is 2.26. The summed E-state index contributed by atoms with van der Waals surface area (Å²) in [6, 6.07) is 15.8. The van der Waals surface area contributed by atoms with Gasteiger partial charge in [0.25, 0.3) is 0 Å². The lowest BCUT2D eigenvalue weighted by Crippen LogP contribution is -2.34. The van der Waals surface area contributed by atoms with E-state index in [1.165, 1.54) is 0 Å². The molecule has 2 atom stereocenters. The Labute approximate surface area is 224 Å². The predicted octanol–water partition coefficient (Wildman–Crippen LogP) is 7.00. The van der Waals surface area contributed by atoms with E-state index in [1.807, 2.05) is 18.2 Å². The molecule has 4 aromatic rings. The number of rotatable bonds is 10. The summed E-state index contributed by atoms with van der Waals surface area (Å²) < 4.78 is 17.7. The summed E-state index contributed by atoms with van der Waals surface area (Å²) in [7, 11) is 4.74. The van der Waals surface area contributed by atoms with E-state index >= 15 is 0 Å². The van der Waals surface area contributed by atoms with Crippen LogP contribution in [0.5, 0.6) is 17.6 Å². The zero-order chi connectivity index (χ0) is 25.9. The molecule has 6 nitrogen and oxygen atoms in total. The summed E-state index contributed by atoms with van der Waals surface area (Å²) in [6.45, 7) is 4.19. The first-order valence-corrected chi connectivity index (χ1v) is 13.5. The summed E-state index contributed by atoms with van der Waals surface area (Å²) in [4.78, 5) is 11.4. The third-order valence-electron chi connectivity index (χ3n) is 6.41. The lowest BCUT2D eigenvalue weighted by atomic mass is 9.73. The number of thiophene rings is 1. The zero-order valence-corrected chi connectivity index (χ0v) is 23.6. The number of fused-ring (bicyclic) bond motifs is 1. The van der Waals surface area contributed by atoms with Crippen molar-refractivity contribution in [3.8, 4) is 17.6 Å². The van der Waals surface area contributed by atoms with Crippen LogP contribution in [-0.4, -0.2) is 36.4 Å². The van der Waals surface area contributed by atoms with Gasteiger partial charge in [-0.15, -0.1) is 11.3 Å². The molecule has 0 saturated heterocycles. The Balaban J connectivity index is 2.04. The van der Waals surface area contributed by atoms with Crippen molar-refractivity contribution in [2.24, 2.45) is 0 Å². The smallest absolute Gasteiger partial charge is 0.217 e. The SMILES string of the molecule is CCCCC(O)(c1cc(OC)nc(OC)c1)C(c1ccc(C)s1)c1cc2cc(Br)ccc2nc1OC. The maximum atomic E-state index is 12.8. The van der Waals surface area contributed by atoms with Crippen LogP contribution in [0.4, 0.5) is 0 Å². The molecule has 0 fully saturated rings. The minimum absolute atomic E-state index is 0.382. The van der Waals surface area contributed by atoms with Crippen LogP contribution in [0.25, 0.3) is 10.9 Å². The fraction of sp³-hybridized carbons (Fsp3) is 0.357. The van der Waals surface area contributed by atoms with E-state index in [9.17, 15) is 5.11 Å². The average molecular weight is 572 g/mol. The molecule has 0 aliphatic carbocycles. The number of nitrogens with zero attached hydrogens (tertiary/aromatic N) is 2. The van der Waals surface area contributed by atoms with Crippen molar-refractivity contribution >= 4 is 38.2 Å². The minimum Gasteiger partial charge on any atom is -0.481 e. The third kappa shape index (κ3) is 5.21. The standard InChI is InChI=1S/C28H31BrN2O4S/c1-6-7-12-28(32,19-15-24(33-3)31-25(16-19)34-4)26(23-11-8-17(2)36-23)21-14-18-13-20(29)9-10-22(18)30-27(21)35-5/h8-11,13-16,26,32H,6-7,12H2,1-5H3. The molecule has 8 heteroatoms. The summed E-state index contributed by atoms with van der Waals surface area (Å²) >= 11 is 5.24. The molecule has 2 unspecified atom stereocenters. The van der Waals surface area contributed by atoms with Crippen LogP contribution < -0.4 is 14.2 Å². The van der Waals surface area contributed by atoms with Gasteiger partial charge < -0.3 is 19.3 Å². The number of methoxy groups -OCH3 is 3. The normalized spacial score (nSPS) is 13.9. The van der Waals surface area contributed by atoms with Crippen molar-refractivity contribution in [1.29, 1.82) is 0 Å². The second-order valence-electron chi connectivity index (χ2n) is 8.77. The summed E-state index contributed by atoms with van der Waals surface area (Å²) in [5, 5.41) is 13.7. The van der Waals surface area contributed by atoms with Gasteiger partial charge in [-0.3, -0.25) is 0 Å². The fourth-order valence-electron chi connectivity index (χ4n) is 4.61. The molecule has 36 heavy (non-hydrogen) atoms. The predicted molar refractivity (Wildman–Crippen MR) is 148 cm³/mol. The maximum absolute atomic E-state index is 12.8. The second kappa shape index (κ2) is 11.2. The van der Waals surface area contributed by atoms with E-state index in [-0.39, 0.29) is 0 Å². The molecule has 0 aliphatic heterocycles. The van der Waals surface area contributed by atoms with Crippen LogP contribution >= 0.6 is 27.3 Å². The highest BCUT2D eigenvalue weighted by molar-refractivity contribution is 9.10. The van der Waals surface area contributed by atoms with Gasteiger partial charge in [0.1, 0.15) is 5.60 Å². The van der Waals surface area contributed by atoms with Crippen LogP contribution in [0.3, 0.4) is 0 Å². The van der Waals surface area contributed by atoms with Crippen molar-refractivity contribution in [2.45, 2.75) is 44.6 Å². The van der Waals surface area contributed by atoms with E-state index in [0.717, 1.165) is 43.5 Å². The quantitative estimate of drug-likeness (QED) is 0.221. The fourth-order valence-corrected chi connectivity index (χ4v) is 6.07. The molecule has 1 aromatic carbocycles. The second-order valence-corrected chi connectivity index (χ2v) is 11.0. The summed E-state index contributed by atoms with van der Waals surface area (Å²) in [5.41, 5.74) is 1.00. The number of hydrogen-bond acceptors (Lipinski definition) is 7. The van der Waals surface area contributed by atoms with E-state index in [4.69, 9.17) is 19.2 Å². The van der Waals surface area contributed by atoms with E-state index in [1.54, 1.807) is 44.8 Å². The highest BCUT2D eigenvalue weighted by Crippen LogP contribution is 2.50. The first kappa shape index (κ1) is 26.4. The molecule has 0 saturated carbocycles. The zero-order valence-electron chi connectivity index (χ0n) is 21.2. The Bertz CT molecular complexity index is 1340. The largest absolute Gasteiger partial charge is 0.481 e. The Morgan fingerprint density at radius 2 is 1.69 bits per heavy atom. The number of ether oxygens (including phenoxy) is 3. The maximum Gasteiger partial charge on any atom is 0.217 e. The van der Waals surface area contributed by atoms with Crippen LogP contribution in [0.15, 0.2) is 53.0 Å². The molecule has 0 bridgehead atoms. The molecular weight excluding hydrogens is 540 g/mol. The molecular formula is C28H31BrN2O4S. The van der Waals surface area contributed by atoms with Gasteiger partial charge in [-0.1, -0.05) is 35.7 Å². The van der Waals surface area contributed by atoms with Gasteiger partial charge in [-0.2, -0.15) is 4.98 Å². The average Bonchev–Trinajstić information content (AvgIpc) is 3.31. The third-order valence-corrected chi connectivity index (χ3v) is 7.96. The Hall–Kier alpha value is -2.68. The van der Waals surface area contributed by atoms with Gasteiger partial charge in [0.15, 0.2) is 0 Å². The molecule has 3 heterocycles. The molecule has 0 aliphatic rings. The number of aromatic nitrogens is 2. The number of hydrogen-bond donors (Lipinski definition) is 1. The highest BCUT2D eigenvalue weighted by Gasteiger charge is 2.43. The van der Waals surface area contributed by atoms with Crippen LogP contribution in [-0.2, 0) is 5.60 Å². The Morgan fingerprint density at radius 1 is 0.972 bits per heavy atom. The number of unbranched alkanes of at least 4 members (excludes halogenated alkanes) is 1. The Morgan fingerprint density at radius 3 is 2.28 bits per heavy atom. The van der Waals surface area contributed by atoms with Crippen LogP contribution in [0.1, 0.15) is 53.0 Å². The van der Waals surface area contributed by atoms with Gasteiger partial charge in [0.05, 0.1) is 32.8 Å².